The molecule has 3 rings (SSSR count). The van der Waals surface area contributed by atoms with Crippen LogP contribution >= 0.6 is 0 Å². The summed E-state index contributed by atoms with van der Waals surface area (Å²) in [5.74, 6) is -2.63. The highest BCUT2D eigenvalue weighted by Gasteiger charge is 2.65. The number of carbonyl (C=O) groups excluding carboxylic acids is 3. The minimum atomic E-state index is -1.89. The largest absolute Gasteiger partial charge is 0.461 e. The third-order valence-corrected chi connectivity index (χ3v) is 5.82. The van der Waals surface area contributed by atoms with E-state index in [1.54, 1.807) is 13.8 Å². The molecule has 0 amide bonds. The molecule has 2 N–H and O–H groups in total. The van der Waals surface area contributed by atoms with Gasteiger partial charge in [0.05, 0.1) is 17.4 Å². The third-order valence-electron chi connectivity index (χ3n) is 5.82. The Hall–Kier alpha value is -1.99. The Morgan fingerprint density at radius 2 is 1.96 bits per heavy atom. The van der Waals surface area contributed by atoms with E-state index in [-0.39, 0.29) is 35.3 Å². The van der Waals surface area contributed by atoms with Crippen LogP contribution in [0, 0.1) is 11.8 Å². The molecule has 2 aliphatic carbocycles. The van der Waals surface area contributed by atoms with Crippen LogP contribution in [0.15, 0.2) is 23.3 Å². The highest BCUT2D eigenvalue weighted by Crippen LogP contribution is 2.53. The highest BCUT2D eigenvalue weighted by molar-refractivity contribution is 6.01. The Morgan fingerprint density at radius 3 is 2.54 bits per heavy atom. The van der Waals surface area contributed by atoms with Crippen molar-refractivity contribution in [1.29, 1.82) is 0 Å². The van der Waals surface area contributed by atoms with E-state index in [0.717, 1.165) is 0 Å². The molecule has 0 aromatic heterocycles. The van der Waals surface area contributed by atoms with Crippen molar-refractivity contribution in [1.82, 2.24) is 0 Å². The number of esters is 2. The molecule has 3 aliphatic rings. The van der Waals surface area contributed by atoms with Crippen LogP contribution in [0.2, 0.25) is 0 Å². The van der Waals surface area contributed by atoms with Crippen LogP contribution in [0.3, 0.4) is 0 Å². The summed E-state index contributed by atoms with van der Waals surface area (Å²) >= 11 is 0. The van der Waals surface area contributed by atoms with Gasteiger partial charge in [-0.25, -0.2) is 4.79 Å². The number of hydrogen-bond acceptors (Lipinski definition) is 7. The van der Waals surface area contributed by atoms with E-state index in [1.165, 1.54) is 13.8 Å². The smallest absolute Gasteiger partial charge is 0.334 e. The molecular formula is C19H24O7. The molecule has 0 radical (unpaired) electrons. The van der Waals surface area contributed by atoms with Crippen molar-refractivity contribution in [3.05, 3.63) is 23.3 Å². The average molecular weight is 364 g/mol. The molecule has 1 heterocycles. The second-order valence-corrected chi connectivity index (χ2v) is 7.98. The van der Waals surface area contributed by atoms with Crippen molar-refractivity contribution >= 4 is 17.7 Å². The van der Waals surface area contributed by atoms with Crippen molar-refractivity contribution in [2.45, 2.75) is 63.9 Å². The lowest BCUT2D eigenvalue weighted by Crippen LogP contribution is -2.54. The van der Waals surface area contributed by atoms with Crippen LogP contribution in [-0.2, 0) is 23.9 Å². The Morgan fingerprint density at radius 1 is 1.35 bits per heavy atom. The fourth-order valence-electron chi connectivity index (χ4n) is 4.18. The molecule has 0 unspecified atom stereocenters. The van der Waals surface area contributed by atoms with Crippen LogP contribution in [0.1, 0.15) is 40.5 Å². The number of ketones is 1. The summed E-state index contributed by atoms with van der Waals surface area (Å²) in [5, 5.41) is 22.3. The number of fused-ring (bicyclic) bond motifs is 3. The van der Waals surface area contributed by atoms with E-state index < -0.39 is 47.2 Å². The van der Waals surface area contributed by atoms with Gasteiger partial charge in [0.25, 0.3) is 0 Å². The molecule has 7 nitrogen and oxygen atoms in total. The number of rotatable bonds is 2. The van der Waals surface area contributed by atoms with E-state index in [4.69, 9.17) is 9.47 Å². The van der Waals surface area contributed by atoms with Crippen molar-refractivity contribution in [3.63, 3.8) is 0 Å². The number of ether oxygens (including phenoxy) is 2. The summed E-state index contributed by atoms with van der Waals surface area (Å²) in [4.78, 5) is 36.6. The summed E-state index contributed by atoms with van der Waals surface area (Å²) in [5.41, 5.74) is -3.08. The zero-order chi connectivity index (χ0) is 19.6. The van der Waals surface area contributed by atoms with Gasteiger partial charge in [-0.2, -0.15) is 0 Å². The highest BCUT2D eigenvalue weighted by atomic mass is 16.6. The lowest BCUT2D eigenvalue weighted by atomic mass is 9.77. The normalized spacial score (nSPS) is 39.7. The van der Waals surface area contributed by atoms with Gasteiger partial charge < -0.3 is 19.7 Å². The fourth-order valence-corrected chi connectivity index (χ4v) is 4.18. The maximum absolute atomic E-state index is 12.3. The summed E-state index contributed by atoms with van der Waals surface area (Å²) in [6.07, 6.45) is -2.36. The van der Waals surface area contributed by atoms with Crippen LogP contribution in [-0.4, -0.2) is 51.3 Å². The second-order valence-electron chi connectivity index (χ2n) is 7.98. The lowest BCUT2D eigenvalue weighted by Gasteiger charge is -2.39. The van der Waals surface area contributed by atoms with Gasteiger partial charge in [0.1, 0.15) is 17.8 Å². The lowest BCUT2D eigenvalue weighted by molar-refractivity contribution is -0.166. The second kappa shape index (κ2) is 5.76. The summed E-state index contributed by atoms with van der Waals surface area (Å²) < 4.78 is 11.0. The molecule has 1 saturated heterocycles. The zero-order valence-electron chi connectivity index (χ0n) is 15.4. The van der Waals surface area contributed by atoms with Gasteiger partial charge in [-0.1, -0.05) is 20.4 Å². The fraction of sp³-hybridized carbons (Fsp3) is 0.632. The van der Waals surface area contributed by atoms with E-state index in [0.29, 0.717) is 0 Å². The van der Waals surface area contributed by atoms with Crippen LogP contribution in [0.5, 0.6) is 0 Å². The first-order valence-electron chi connectivity index (χ1n) is 8.70. The average Bonchev–Trinajstić information content (AvgIpc) is 2.90. The minimum Gasteiger partial charge on any atom is -0.461 e. The predicted molar refractivity (Wildman–Crippen MR) is 89.7 cm³/mol. The van der Waals surface area contributed by atoms with E-state index in [2.05, 4.69) is 6.58 Å². The predicted octanol–water partition coefficient (Wildman–Crippen LogP) is 0.827. The summed E-state index contributed by atoms with van der Waals surface area (Å²) in [6.45, 7) is 10.0. The summed E-state index contributed by atoms with van der Waals surface area (Å²) in [7, 11) is 0. The van der Waals surface area contributed by atoms with E-state index in [1.807, 2.05) is 0 Å². The third kappa shape index (κ3) is 2.45. The van der Waals surface area contributed by atoms with Gasteiger partial charge in [-0.15, -0.1) is 0 Å². The Kier molecular flexibility index (Phi) is 4.16. The quantitative estimate of drug-likeness (QED) is 0.551. The van der Waals surface area contributed by atoms with E-state index >= 15 is 0 Å². The number of Topliss-reactive ketones (excluding diaryl/α,β-unsaturated/α-hetero) is 1. The molecule has 0 spiro atoms. The Bertz CT molecular complexity index is 745. The molecule has 142 valence electrons. The first kappa shape index (κ1) is 18.8. The minimum absolute atomic E-state index is 0.108. The van der Waals surface area contributed by atoms with Crippen LogP contribution in [0.4, 0.5) is 0 Å². The van der Waals surface area contributed by atoms with Crippen molar-refractivity contribution in [2.75, 3.05) is 0 Å². The molecular weight excluding hydrogens is 340 g/mol. The van der Waals surface area contributed by atoms with E-state index in [9.17, 15) is 24.6 Å². The molecule has 26 heavy (non-hydrogen) atoms. The zero-order valence-corrected chi connectivity index (χ0v) is 15.4. The van der Waals surface area contributed by atoms with Crippen LogP contribution in [0.25, 0.3) is 0 Å². The summed E-state index contributed by atoms with van der Waals surface area (Å²) in [6, 6.07) is 0. The van der Waals surface area contributed by atoms with Gasteiger partial charge in [0.2, 0.25) is 0 Å². The first-order valence-corrected chi connectivity index (χ1v) is 8.70. The molecule has 5 atom stereocenters. The Labute approximate surface area is 151 Å². The number of hydrogen-bond donors (Lipinski definition) is 2. The van der Waals surface area contributed by atoms with Gasteiger partial charge >= 0.3 is 11.9 Å². The maximum Gasteiger partial charge on any atom is 0.334 e. The Balaban J connectivity index is 2.15. The molecule has 1 saturated carbocycles. The topological polar surface area (TPSA) is 110 Å². The number of carbonyl (C=O) groups is 3. The van der Waals surface area contributed by atoms with Gasteiger partial charge in [-0.05, 0) is 19.4 Å². The maximum atomic E-state index is 12.3. The molecule has 1 aliphatic heterocycles. The monoisotopic (exact) mass is 364 g/mol. The van der Waals surface area contributed by atoms with Gasteiger partial charge in [0.15, 0.2) is 5.78 Å². The van der Waals surface area contributed by atoms with Crippen molar-refractivity contribution in [3.8, 4) is 0 Å². The van der Waals surface area contributed by atoms with Crippen molar-refractivity contribution in [2.24, 2.45) is 11.8 Å². The molecule has 0 bridgehead atoms. The van der Waals surface area contributed by atoms with Crippen LogP contribution < -0.4 is 0 Å². The van der Waals surface area contributed by atoms with Gasteiger partial charge in [0, 0.05) is 24.0 Å². The molecule has 2 fully saturated rings. The molecule has 0 aromatic carbocycles. The standard InChI is InChI=1S/C19H24O7/c1-8(2)16(21)25-12-7-18(5,23)19(24)6-11(20)9(3)14(19)15-13(12)10(4)17(22)26-15/h8,12-13,15,23-24H,4,6-7H2,1-3,5H3/t12-,13-,15+,18+,19+/m1/s1. The molecule has 7 heteroatoms. The first-order chi connectivity index (χ1) is 11.9. The SMILES string of the molecule is C=C1C(=O)O[C@@H]2C3=C(C)C(=O)C[C@@]3(O)[C@@](C)(O)C[C@@H](OC(=O)C(C)C)[C@@H]12. The van der Waals surface area contributed by atoms with Gasteiger partial charge in [-0.3, -0.25) is 9.59 Å². The number of aliphatic hydroxyl groups is 2. The van der Waals surface area contributed by atoms with Crippen molar-refractivity contribution < 1.29 is 34.1 Å². The molecule has 0 aromatic rings. The number of allylic oxidation sites excluding steroid dienone is 1.